The van der Waals surface area contributed by atoms with E-state index in [9.17, 15) is 18.3 Å². The number of aromatic carboxylic acids is 1. The number of hydrogen-bond donors (Lipinski definition) is 3. The Labute approximate surface area is 163 Å². The van der Waals surface area contributed by atoms with Crippen molar-refractivity contribution in [1.82, 2.24) is 0 Å². The van der Waals surface area contributed by atoms with Gasteiger partial charge in [-0.05, 0) is 41.2 Å². The molecule has 0 spiro atoms. The summed E-state index contributed by atoms with van der Waals surface area (Å²) >= 11 is 0. The standard InChI is InChI=1S/C21H20N2O4S/c22-20-17(12-15-9-5-2-6-10-15)16(11-14-7-3-1-4-8-14)19(28(23,26)27)13-18(20)21(24)25/h1-10,13H,11-12,22H2,(H,24,25)(H2,23,26,27). The minimum atomic E-state index is -4.16. The molecule has 3 aromatic rings. The summed E-state index contributed by atoms with van der Waals surface area (Å²) in [6.07, 6.45) is 0.553. The fourth-order valence-electron chi connectivity index (χ4n) is 3.20. The fraction of sp³-hybridized carbons (Fsp3) is 0.0952. The van der Waals surface area contributed by atoms with Gasteiger partial charge in [0.05, 0.1) is 16.1 Å². The number of carboxylic acids is 1. The molecule has 144 valence electrons. The summed E-state index contributed by atoms with van der Waals surface area (Å²) < 4.78 is 24.6. The lowest BCUT2D eigenvalue weighted by Gasteiger charge is -2.19. The molecule has 0 radical (unpaired) electrons. The monoisotopic (exact) mass is 396 g/mol. The van der Waals surface area contributed by atoms with Crippen molar-refractivity contribution < 1.29 is 18.3 Å². The van der Waals surface area contributed by atoms with Gasteiger partial charge >= 0.3 is 5.97 Å². The molecule has 0 unspecified atom stereocenters. The number of nitrogens with two attached hydrogens (primary N) is 2. The Balaban J connectivity index is 2.28. The molecule has 0 atom stereocenters. The summed E-state index contributed by atoms with van der Waals surface area (Å²) in [5.74, 6) is -1.30. The Kier molecular flexibility index (Phi) is 5.48. The first-order valence-electron chi connectivity index (χ1n) is 8.55. The van der Waals surface area contributed by atoms with Gasteiger partial charge in [-0.25, -0.2) is 18.4 Å². The van der Waals surface area contributed by atoms with Crippen LogP contribution >= 0.6 is 0 Å². The summed E-state index contributed by atoms with van der Waals surface area (Å²) in [7, 11) is -4.16. The maximum absolute atomic E-state index is 12.3. The molecule has 28 heavy (non-hydrogen) atoms. The number of nitrogen functional groups attached to an aromatic ring is 1. The number of carbonyl (C=O) groups is 1. The van der Waals surface area contributed by atoms with Gasteiger partial charge in [-0.15, -0.1) is 0 Å². The van der Waals surface area contributed by atoms with Crippen LogP contribution in [0.15, 0.2) is 71.6 Å². The van der Waals surface area contributed by atoms with Crippen LogP contribution in [0.5, 0.6) is 0 Å². The quantitative estimate of drug-likeness (QED) is 0.553. The second-order valence-electron chi connectivity index (χ2n) is 6.47. The van der Waals surface area contributed by atoms with Gasteiger partial charge in [0.1, 0.15) is 0 Å². The van der Waals surface area contributed by atoms with Crippen LogP contribution in [0.4, 0.5) is 5.69 Å². The second-order valence-corrected chi connectivity index (χ2v) is 8.00. The van der Waals surface area contributed by atoms with Crippen LogP contribution in [0.2, 0.25) is 0 Å². The first-order chi connectivity index (χ1) is 13.3. The SMILES string of the molecule is Nc1c(C(=O)O)cc(S(N)(=O)=O)c(Cc2ccccc2)c1Cc1ccccc1. The van der Waals surface area contributed by atoms with Gasteiger partial charge in [0, 0.05) is 0 Å². The summed E-state index contributed by atoms with van der Waals surface area (Å²) in [5.41, 5.74) is 8.58. The van der Waals surface area contributed by atoms with E-state index in [0.717, 1.165) is 17.2 Å². The molecule has 0 saturated heterocycles. The van der Waals surface area contributed by atoms with Crippen molar-refractivity contribution in [2.75, 3.05) is 5.73 Å². The number of rotatable bonds is 6. The van der Waals surface area contributed by atoms with Crippen LogP contribution in [0.1, 0.15) is 32.6 Å². The zero-order chi connectivity index (χ0) is 20.3. The highest BCUT2D eigenvalue weighted by Gasteiger charge is 2.25. The summed E-state index contributed by atoms with van der Waals surface area (Å²) in [6, 6.07) is 19.6. The zero-order valence-corrected chi connectivity index (χ0v) is 15.8. The van der Waals surface area contributed by atoms with E-state index in [1.165, 1.54) is 0 Å². The molecule has 5 N–H and O–H groups in total. The van der Waals surface area contributed by atoms with Crippen LogP contribution in [-0.4, -0.2) is 19.5 Å². The molecular formula is C21H20N2O4S. The lowest BCUT2D eigenvalue weighted by atomic mass is 9.91. The molecule has 0 bridgehead atoms. The fourth-order valence-corrected chi connectivity index (χ4v) is 4.02. The second kappa shape index (κ2) is 7.84. The highest BCUT2D eigenvalue weighted by Crippen LogP contribution is 2.32. The van der Waals surface area contributed by atoms with Crippen LogP contribution < -0.4 is 10.9 Å². The van der Waals surface area contributed by atoms with Gasteiger partial charge in [-0.1, -0.05) is 60.7 Å². The Morgan fingerprint density at radius 2 is 1.32 bits per heavy atom. The van der Waals surface area contributed by atoms with Crippen molar-refractivity contribution in [2.45, 2.75) is 17.7 Å². The van der Waals surface area contributed by atoms with E-state index in [0.29, 0.717) is 17.5 Å². The normalized spacial score (nSPS) is 11.3. The molecule has 0 fully saturated rings. The van der Waals surface area contributed by atoms with Gasteiger partial charge < -0.3 is 10.8 Å². The smallest absolute Gasteiger partial charge is 0.337 e. The van der Waals surface area contributed by atoms with E-state index >= 15 is 0 Å². The Hall–Kier alpha value is -3.16. The molecule has 3 aromatic carbocycles. The van der Waals surface area contributed by atoms with E-state index in [-0.39, 0.29) is 22.6 Å². The maximum Gasteiger partial charge on any atom is 0.337 e. The Morgan fingerprint density at radius 1 is 0.857 bits per heavy atom. The number of sulfonamides is 1. The van der Waals surface area contributed by atoms with Crippen LogP contribution in [-0.2, 0) is 22.9 Å². The predicted octanol–water partition coefficient (Wildman–Crippen LogP) is 2.80. The van der Waals surface area contributed by atoms with Gasteiger partial charge in [0.2, 0.25) is 10.0 Å². The topological polar surface area (TPSA) is 123 Å². The first kappa shape index (κ1) is 19.6. The Morgan fingerprint density at radius 3 is 1.75 bits per heavy atom. The molecule has 0 aliphatic carbocycles. The van der Waals surface area contributed by atoms with Gasteiger partial charge in [0.25, 0.3) is 0 Å². The zero-order valence-electron chi connectivity index (χ0n) is 15.0. The number of anilines is 1. The first-order valence-corrected chi connectivity index (χ1v) is 10.1. The van der Waals surface area contributed by atoms with Gasteiger partial charge in [-0.3, -0.25) is 0 Å². The van der Waals surface area contributed by atoms with E-state index in [4.69, 9.17) is 10.9 Å². The average molecular weight is 396 g/mol. The van der Waals surface area contributed by atoms with Crippen molar-refractivity contribution in [2.24, 2.45) is 5.14 Å². The summed E-state index contributed by atoms with van der Waals surface area (Å²) in [4.78, 5) is 11.4. The predicted molar refractivity (Wildman–Crippen MR) is 108 cm³/mol. The summed E-state index contributed by atoms with van der Waals surface area (Å²) in [5, 5.41) is 14.9. The highest BCUT2D eigenvalue weighted by molar-refractivity contribution is 7.89. The third kappa shape index (κ3) is 4.21. The molecule has 6 nitrogen and oxygen atoms in total. The molecule has 0 amide bonds. The largest absolute Gasteiger partial charge is 0.478 e. The van der Waals surface area contributed by atoms with Crippen molar-refractivity contribution in [3.05, 3.63) is 94.5 Å². The number of benzene rings is 3. The Bertz CT molecular complexity index is 1110. The lowest BCUT2D eigenvalue weighted by Crippen LogP contribution is -2.19. The number of hydrogen-bond acceptors (Lipinski definition) is 4. The van der Waals surface area contributed by atoms with Gasteiger partial charge in [-0.2, -0.15) is 0 Å². The lowest BCUT2D eigenvalue weighted by molar-refractivity contribution is 0.0697. The molecule has 0 aliphatic rings. The highest BCUT2D eigenvalue weighted by atomic mass is 32.2. The number of primary sulfonamides is 1. The van der Waals surface area contributed by atoms with Crippen molar-refractivity contribution >= 4 is 21.7 Å². The van der Waals surface area contributed by atoms with Gasteiger partial charge in [0.15, 0.2) is 0 Å². The van der Waals surface area contributed by atoms with Crippen LogP contribution in [0, 0.1) is 0 Å². The van der Waals surface area contributed by atoms with Crippen LogP contribution in [0.3, 0.4) is 0 Å². The van der Waals surface area contributed by atoms with E-state index in [1.54, 1.807) is 0 Å². The van der Waals surface area contributed by atoms with E-state index in [1.807, 2.05) is 60.7 Å². The average Bonchev–Trinajstić information content (AvgIpc) is 2.65. The molecule has 7 heteroatoms. The minimum absolute atomic E-state index is 0.0506. The molecule has 0 heterocycles. The molecular weight excluding hydrogens is 376 g/mol. The van der Waals surface area contributed by atoms with Crippen molar-refractivity contribution in [3.63, 3.8) is 0 Å². The number of carboxylic acid groups (broad SMARTS) is 1. The van der Waals surface area contributed by atoms with E-state index in [2.05, 4.69) is 0 Å². The van der Waals surface area contributed by atoms with Crippen LogP contribution in [0.25, 0.3) is 0 Å². The summed E-state index contributed by atoms with van der Waals surface area (Å²) in [6.45, 7) is 0. The molecule has 0 aliphatic heterocycles. The third-order valence-electron chi connectivity index (χ3n) is 4.54. The molecule has 0 aromatic heterocycles. The van der Waals surface area contributed by atoms with Crippen molar-refractivity contribution in [1.29, 1.82) is 0 Å². The molecule has 0 saturated carbocycles. The maximum atomic E-state index is 12.3. The molecule has 3 rings (SSSR count). The third-order valence-corrected chi connectivity index (χ3v) is 5.51. The van der Waals surface area contributed by atoms with E-state index < -0.39 is 16.0 Å². The van der Waals surface area contributed by atoms with Crippen molar-refractivity contribution in [3.8, 4) is 0 Å². The minimum Gasteiger partial charge on any atom is -0.478 e.